The maximum atomic E-state index is 12.7. The van der Waals surface area contributed by atoms with E-state index in [0.717, 1.165) is 29.7 Å². The molecule has 0 fully saturated rings. The molecule has 1 heterocycles. The van der Waals surface area contributed by atoms with Gasteiger partial charge in [0, 0.05) is 10.6 Å². The van der Waals surface area contributed by atoms with Crippen molar-refractivity contribution in [2.75, 3.05) is 44.5 Å². The number of fused-ring (bicyclic) bond motifs is 1. The van der Waals surface area contributed by atoms with Crippen LogP contribution in [0.25, 0.3) is 0 Å². The van der Waals surface area contributed by atoms with Crippen LogP contribution >= 0.6 is 11.3 Å². The molecule has 1 aliphatic rings. The molecule has 178 valence electrons. The van der Waals surface area contributed by atoms with Crippen LogP contribution in [-0.4, -0.2) is 56.5 Å². The fourth-order valence-corrected chi connectivity index (χ4v) is 5.26. The topological polar surface area (TPSA) is 97.0 Å². The lowest BCUT2D eigenvalue weighted by molar-refractivity contribution is -0.119. The lowest BCUT2D eigenvalue weighted by Gasteiger charge is -2.18. The number of nitrogens with one attached hydrogen (secondary N) is 2. The van der Waals surface area contributed by atoms with Crippen LogP contribution in [0.1, 0.15) is 41.1 Å². The number of likely N-dealkylation sites (N-methyl/N-ethyl adjacent to an activating group) is 1. The van der Waals surface area contributed by atoms with E-state index in [1.807, 2.05) is 0 Å². The zero-order valence-electron chi connectivity index (χ0n) is 19.5. The lowest BCUT2D eigenvalue weighted by atomic mass is 9.88. The highest BCUT2D eigenvalue weighted by Crippen LogP contribution is 2.40. The van der Waals surface area contributed by atoms with Gasteiger partial charge in [0.2, 0.25) is 11.8 Å². The summed E-state index contributed by atoms with van der Waals surface area (Å²) in [5, 5.41) is 6.21. The van der Waals surface area contributed by atoms with E-state index < -0.39 is 5.97 Å². The van der Waals surface area contributed by atoms with Gasteiger partial charge >= 0.3 is 5.97 Å². The molecule has 2 aromatic rings. The van der Waals surface area contributed by atoms with E-state index in [1.54, 1.807) is 50.2 Å². The summed E-state index contributed by atoms with van der Waals surface area (Å²) >= 11 is 1.45. The van der Waals surface area contributed by atoms with Gasteiger partial charge in [0.25, 0.3) is 0 Å². The number of ether oxygens (including phenoxy) is 2. The van der Waals surface area contributed by atoms with E-state index in [1.165, 1.54) is 11.3 Å². The van der Waals surface area contributed by atoms with Gasteiger partial charge in [0.1, 0.15) is 10.8 Å². The Morgan fingerprint density at radius 1 is 1.12 bits per heavy atom. The number of hydrogen-bond donors (Lipinski definition) is 2. The number of nitrogens with zero attached hydrogens (tertiary/aromatic N) is 1. The summed E-state index contributed by atoms with van der Waals surface area (Å²) in [6.45, 7) is 4.29. The van der Waals surface area contributed by atoms with Crippen molar-refractivity contribution in [2.24, 2.45) is 5.92 Å². The van der Waals surface area contributed by atoms with E-state index in [4.69, 9.17) is 9.47 Å². The number of carbonyl (C=O) groups is 3. The van der Waals surface area contributed by atoms with Crippen molar-refractivity contribution in [3.8, 4) is 5.75 Å². The van der Waals surface area contributed by atoms with Crippen LogP contribution in [0.4, 0.5) is 10.7 Å². The van der Waals surface area contributed by atoms with Crippen LogP contribution in [-0.2, 0) is 27.2 Å². The van der Waals surface area contributed by atoms with Crippen molar-refractivity contribution >= 4 is 39.8 Å². The predicted octanol–water partition coefficient (Wildman–Crippen LogP) is 3.57. The maximum absolute atomic E-state index is 12.7. The second-order valence-electron chi connectivity index (χ2n) is 8.27. The Balaban J connectivity index is 1.60. The van der Waals surface area contributed by atoms with E-state index in [2.05, 4.69) is 17.6 Å². The highest BCUT2D eigenvalue weighted by Gasteiger charge is 2.29. The van der Waals surface area contributed by atoms with Crippen LogP contribution in [0.3, 0.4) is 0 Å². The average molecular weight is 474 g/mol. The molecule has 1 atom stereocenters. The first-order chi connectivity index (χ1) is 15.8. The van der Waals surface area contributed by atoms with Gasteiger partial charge in [-0.15, -0.1) is 11.3 Å². The molecule has 1 unspecified atom stereocenters. The molecule has 1 aliphatic carbocycles. The van der Waals surface area contributed by atoms with Crippen LogP contribution < -0.4 is 15.4 Å². The first-order valence-electron chi connectivity index (χ1n) is 11.0. The summed E-state index contributed by atoms with van der Waals surface area (Å²) < 4.78 is 10.4. The van der Waals surface area contributed by atoms with Crippen molar-refractivity contribution in [3.63, 3.8) is 0 Å². The second-order valence-corrected chi connectivity index (χ2v) is 9.38. The van der Waals surface area contributed by atoms with E-state index >= 15 is 0 Å². The molecule has 8 nitrogen and oxygen atoms in total. The molecule has 0 bridgehead atoms. The second kappa shape index (κ2) is 11.3. The van der Waals surface area contributed by atoms with E-state index in [9.17, 15) is 14.4 Å². The minimum Gasteiger partial charge on any atom is -0.497 e. The molecular weight excluding hydrogens is 442 g/mol. The summed E-state index contributed by atoms with van der Waals surface area (Å²) in [5.74, 6) is 0.334. The minimum absolute atomic E-state index is 0.0112. The Bertz CT molecular complexity index is 1000. The maximum Gasteiger partial charge on any atom is 0.341 e. The SMILES string of the molecule is CCOC(=O)c1c(NC(=O)CN(C)CC(=O)Nc2ccc(OC)cc2)sc2c1CCC(C)C2. The van der Waals surface area contributed by atoms with E-state index in [-0.39, 0.29) is 31.5 Å². The molecule has 1 aromatic heterocycles. The normalized spacial score (nSPS) is 15.0. The Kier molecular flexibility index (Phi) is 8.46. The Labute approximate surface area is 198 Å². The number of carbonyl (C=O) groups excluding carboxylic acids is 3. The van der Waals surface area contributed by atoms with Gasteiger partial charge in [-0.25, -0.2) is 4.79 Å². The van der Waals surface area contributed by atoms with E-state index in [0.29, 0.717) is 27.9 Å². The predicted molar refractivity (Wildman–Crippen MR) is 129 cm³/mol. The Hall–Kier alpha value is -2.91. The number of anilines is 2. The fraction of sp³-hybridized carbons (Fsp3) is 0.458. The number of methoxy groups -OCH3 is 1. The molecule has 2 amide bonds. The number of benzene rings is 1. The summed E-state index contributed by atoms with van der Waals surface area (Å²) in [5.41, 5.74) is 2.13. The number of amides is 2. The van der Waals surface area contributed by atoms with Gasteiger partial charge < -0.3 is 20.1 Å². The standard InChI is InChI=1S/C24H31N3O5S/c1-5-32-24(30)22-18-11-6-15(2)12-19(18)33-23(22)26-21(29)14-27(3)13-20(28)25-16-7-9-17(31-4)10-8-16/h7-10,15H,5-6,11-14H2,1-4H3,(H,25,28)(H,26,29). The van der Waals surface area contributed by atoms with Gasteiger partial charge in [-0.2, -0.15) is 0 Å². The summed E-state index contributed by atoms with van der Waals surface area (Å²) in [6.07, 6.45) is 2.71. The van der Waals surface area contributed by atoms with Crippen molar-refractivity contribution in [3.05, 3.63) is 40.3 Å². The van der Waals surface area contributed by atoms with Gasteiger partial charge in [0.05, 0.1) is 32.4 Å². The third-order valence-electron chi connectivity index (χ3n) is 5.45. The van der Waals surface area contributed by atoms with Gasteiger partial charge in [-0.05, 0) is 69.0 Å². The molecule has 0 radical (unpaired) electrons. The van der Waals surface area contributed by atoms with Crippen LogP contribution in [0, 0.1) is 5.92 Å². The number of thiophene rings is 1. The molecule has 0 saturated carbocycles. The molecule has 2 N–H and O–H groups in total. The molecule has 0 spiro atoms. The fourth-order valence-electron chi connectivity index (χ4n) is 3.85. The molecular formula is C24H31N3O5S. The van der Waals surface area contributed by atoms with Crippen LogP contribution in [0.2, 0.25) is 0 Å². The van der Waals surface area contributed by atoms with Crippen LogP contribution in [0.5, 0.6) is 5.75 Å². The third kappa shape index (κ3) is 6.55. The van der Waals surface area contributed by atoms with Crippen molar-refractivity contribution in [1.82, 2.24) is 4.90 Å². The molecule has 9 heteroatoms. The van der Waals surface area contributed by atoms with Gasteiger partial charge in [-0.3, -0.25) is 14.5 Å². The zero-order chi connectivity index (χ0) is 24.0. The Morgan fingerprint density at radius 3 is 2.42 bits per heavy atom. The van der Waals surface area contributed by atoms with Crippen molar-refractivity contribution in [1.29, 1.82) is 0 Å². The number of esters is 1. The highest BCUT2D eigenvalue weighted by atomic mass is 32.1. The monoisotopic (exact) mass is 473 g/mol. The lowest BCUT2D eigenvalue weighted by Crippen LogP contribution is -2.36. The molecule has 3 rings (SSSR count). The number of rotatable bonds is 9. The number of hydrogen-bond acceptors (Lipinski definition) is 7. The average Bonchev–Trinajstić information content (AvgIpc) is 3.10. The third-order valence-corrected chi connectivity index (χ3v) is 6.61. The van der Waals surface area contributed by atoms with Crippen molar-refractivity contribution < 1.29 is 23.9 Å². The first kappa shape index (κ1) is 24.7. The molecule has 0 aliphatic heterocycles. The zero-order valence-corrected chi connectivity index (χ0v) is 20.3. The van der Waals surface area contributed by atoms with Crippen LogP contribution in [0.15, 0.2) is 24.3 Å². The van der Waals surface area contributed by atoms with Gasteiger partial charge in [-0.1, -0.05) is 6.92 Å². The molecule has 33 heavy (non-hydrogen) atoms. The molecule has 0 saturated heterocycles. The summed E-state index contributed by atoms with van der Waals surface area (Å²) in [6, 6.07) is 7.02. The summed E-state index contributed by atoms with van der Waals surface area (Å²) in [4.78, 5) is 40.4. The minimum atomic E-state index is -0.396. The quantitative estimate of drug-likeness (QED) is 0.541. The smallest absolute Gasteiger partial charge is 0.341 e. The van der Waals surface area contributed by atoms with Crippen molar-refractivity contribution in [2.45, 2.75) is 33.1 Å². The molecule has 1 aromatic carbocycles. The largest absolute Gasteiger partial charge is 0.497 e. The highest BCUT2D eigenvalue weighted by molar-refractivity contribution is 7.17. The van der Waals surface area contributed by atoms with Gasteiger partial charge in [0.15, 0.2) is 0 Å². The Morgan fingerprint density at radius 2 is 1.79 bits per heavy atom. The first-order valence-corrected chi connectivity index (χ1v) is 11.9. The summed E-state index contributed by atoms with van der Waals surface area (Å²) in [7, 11) is 3.27.